The van der Waals surface area contributed by atoms with Gasteiger partial charge < -0.3 is 5.32 Å². The Morgan fingerprint density at radius 2 is 1.07 bits per heavy atom. The van der Waals surface area contributed by atoms with E-state index >= 15 is 0 Å². The Labute approximate surface area is 236 Å². The van der Waals surface area contributed by atoms with E-state index in [2.05, 4.69) is 147 Å². The van der Waals surface area contributed by atoms with E-state index in [9.17, 15) is 0 Å². The summed E-state index contributed by atoms with van der Waals surface area (Å²) in [5.74, 6) is 0. The van der Waals surface area contributed by atoms with E-state index < -0.39 is 0 Å². The van der Waals surface area contributed by atoms with Gasteiger partial charge in [-0.2, -0.15) is 6.20 Å². The van der Waals surface area contributed by atoms with Crippen LogP contribution in [0.25, 0.3) is 65.5 Å². The van der Waals surface area contributed by atoms with Crippen LogP contribution in [0.4, 0.5) is 0 Å². The number of nitrogens with zero attached hydrogens (tertiary/aromatic N) is 1. The lowest BCUT2D eigenvalue weighted by Gasteiger charge is -2.21. The maximum atomic E-state index is 4.45. The molecule has 6 aromatic carbocycles. The molecular formula is C39H32N-. The lowest BCUT2D eigenvalue weighted by atomic mass is 9.83. The van der Waals surface area contributed by atoms with Crippen molar-refractivity contribution in [3.8, 4) is 22.3 Å². The van der Waals surface area contributed by atoms with Gasteiger partial charge in [-0.15, -0.1) is 12.6 Å². The molecule has 1 heteroatoms. The molecule has 0 bridgehead atoms. The molecule has 0 saturated heterocycles. The second-order valence-electron chi connectivity index (χ2n) is 11.8. The summed E-state index contributed by atoms with van der Waals surface area (Å²) < 4.78 is 0. The van der Waals surface area contributed by atoms with Crippen LogP contribution in [0.2, 0.25) is 0 Å². The van der Waals surface area contributed by atoms with Crippen LogP contribution in [0.15, 0.2) is 128 Å². The van der Waals surface area contributed by atoms with Crippen LogP contribution < -0.4 is 0 Å². The molecule has 0 aromatic heterocycles. The number of allylic oxidation sites excluding steroid dienone is 2. The van der Waals surface area contributed by atoms with Crippen LogP contribution >= 0.6 is 0 Å². The molecule has 0 unspecified atom stereocenters. The highest BCUT2D eigenvalue weighted by Crippen LogP contribution is 2.44. The van der Waals surface area contributed by atoms with Gasteiger partial charge in [0, 0.05) is 0 Å². The first-order chi connectivity index (χ1) is 19.5. The first-order valence-corrected chi connectivity index (χ1v) is 14.1. The van der Waals surface area contributed by atoms with Crippen LogP contribution in [-0.4, -0.2) is 6.54 Å². The number of hydrogen-bond acceptors (Lipinski definition) is 0. The zero-order chi connectivity index (χ0) is 27.3. The van der Waals surface area contributed by atoms with Crippen LogP contribution in [0, 0.1) is 0 Å². The summed E-state index contributed by atoms with van der Waals surface area (Å²) in [6, 6.07) is 40.6. The van der Waals surface area contributed by atoms with Crippen molar-refractivity contribution in [3.05, 3.63) is 144 Å². The molecule has 0 amide bonds. The first-order valence-electron chi connectivity index (χ1n) is 14.1. The topological polar surface area (TPSA) is 14.1 Å². The Kier molecular flexibility index (Phi) is 5.82. The molecule has 0 fully saturated rings. The average Bonchev–Trinajstić information content (AvgIpc) is 2.99. The fraction of sp³-hybridized carbons (Fsp3) is 0.128. The van der Waals surface area contributed by atoms with Crippen molar-refractivity contribution in [2.75, 3.05) is 6.54 Å². The molecule has 0 spiro atoms. The predicted molar refractivity (Wildman–Crippen MR) is 174 cm³/mol. The summed E-state index contributed by atoms with van der Waals surface area (Å²) in [5.41, 5.74) is 8.94. The van der Waals surface area contributed by atoms with Gasteiger partial charge in [-0.05, 0) is 88.8 Å². The minimum Gasteiger partial charge on any atom is -0.687 e. The fourth-order valence-electron chi connectivity index (χ4n) is 6.07. The van der Waals surface area contributed by atoms with Crippen LogP contribution in [0.1, 0.15) is 31.9 Å². The minimum absolute atomic E-state index is 0.126. The quantitative estimate of drug-likeness (QED) is 0.209. The molecule has 0 saturated carbocycles. The molecule has 1 nitrogen and oxygen atoms in total. The number of hydrogen-bond donors (Lipinski definition) is 0. The molecule has 6 aromatic rings. The SMILES string of the molecule is CC(C)(C)c1ccc(-c2c3ccccc3c(-c3ccc4ccc(C5=C[N-]CC=C5)cc4c3)c3ccccc23)cc1. The molecule has 0 aliphatic carbocycles. The Balaban J connectivity index is 1.47. The van der Waals surface area contributed by atoms with Crippen molar-refractivity contribution in [1.82, 2.24) is 0 Å². The van der Waals surface area contributed by atoms with Crippen LogP contribution in [0.3, 0.4) is 0 Å². The van der Waals surface area contributed by atoms with Crippen molar-refractivity contribution in [3.63, 3.8) is 0 Å². The van der Waals surface area contributed by atoms with Crippen molar-refractivity contribution in [2.45, 2.75) is 26.2 Å². The van der Waals surface area contributed by atoms with E-state index in [1.54, 1.807) is 0 Å². The van der Waals surface area contributed by atoms with E-state index in [0.29, 0.717) is 0 Å². The van der Waals surface area contributed by atoms with Gasteiger partial charge in [-0.25, -0.2) is 0 Å². The predicted octanol–water partition coefficient (Wildman–Crippen LogP) is 11.1. The summed E-state index contributed by atoms with van der Waals surface area (Å²) in [6.45, 7) is 7.57. The lowest BCUT2D eigenvalue weighted by Crippen LogP contribution is -2.10. The smallest absolute Gasteiger partial charge is 0.00262 e. The summed E-state index contributed by atoms with van der Waals surface area (Å²) >= 11 is 0. The Bertz CT molecular complexity index is 1910. The van der Waals surface area contributed by atoms with Gasteiger partial charge in [0.15, 0.2) is 0 Å². The Morgan fingerprint density at radius 3 is 1.62 bits per heavy atom. The third-order valence-electron chi connectivity index (χ3n) is 8.17. The largest absolute Gasteiger partial charge is 0.687 e. The van der Waals surface area contributed by atoms with Gasteiger partial charge in [-0.3, -0.25) is 0 Å². The highest BCUT2D eigenvalue weighted by molar-refractivity contribution is 6.21. The van der Waals surface area contributed by atoms with E-state index in [1.165, 1.54) is 65.7 Å². The second-order valence-corrected chi connectivity index (χ2v) is 11.8. The summed E-state index contributed by atoms with van der Waals surface area (Å²) in [4.78, 5) is 0. The second kappa shape index (κ2) is 9.54. The zero-order valence-corrected chi connectivity index (χ0v) is 23.3. The Hall–Kier alpha value is -4.62. The first kappa shape index (κ1) is 24.4. The summed E-state index contributed by atoms with van der Waals surface area (Å²) in [7, 11) is 0. The molecule has 1 heterocycles. The summed E-state index contributed by atoms with van der Waals surface area (Å²) in [5, 5.41) is 12.1. The van der Waals surface area contributed by atoms with E-state index in [4.69, 9.17) is 0 Å². The summed E-state index contributed by atoms with van der Waals surface area (Å²) in [6.07, 6.45) is 6.27. The van der Waals surface area contributed by atoms with Gasteiger partial charge in [0.1, 0.15) is 0 Å². The molecule has 0 radical (unpaired) electrons. The minimum atomic E-state index is 0.126. The van der Waals surface area contributed by atoms with E-state index in [0.717, 1.165) is 12.1 Å². The third-order valence-corrected chi connectivity index (χ3v) is 8.17. The molecule has 0 atom stereocenters. The molecule has 0 N–H and O–H groups in total. The number of fused-ring (bicyclic) bond motifs is 3. The molecule has 7 rings (SSSR count). The molecule has 1 aliphatic rings. The van der Waals surface area contributed by atoms with Gasteiger partial charge >= 0.3 is 0 Å². The zero-order valence-electron chi connectivity index (χ0n) is 23.3. The van der Waals surface area contributed by atoms with Crippen molar-refractivity contribution >= 4 is 37.9 Å². The lowest BCUT2D eigenvalue weighted by molar-refractivity contribution is 0.590. The van der Waals surface area contributed by atoms with Gasteiger partial charge in [0.2, 0.25) is 0 Å². The van der Waals surface area contributed by atoms with Crippen molar-refractivity contribution in [2.24, 2.45) is 0 Å². The Morgan fingerprint density at radius 1 is 0.550 bits per heavy atom. The van der Waals surface area contributed by atoms with Crippen LogP contribution in [0.5, 0.6) is 0 Å². The van der Waals surface area contributed by atoms with Crippen molar-refractivity contribution in [1.29, 1.82) is 0 Å². The standard InChI is InChI=1S/C39H32N/c1-39(2,3)32-20-18-27(19-21-32)37-33-10-4-6-12-35(33)38(36-13-7-5-11-34(36)37)29-17-15-26-14-16-28(23-31(26)24-29)30-9-8-22-40-25-30/h4-21,23-25H,22H2,1-3H3/q-1. The van der Waals surface area contributed by atoms with Gasteiger partial charge in [-0.1, -0.05) is 124 Å². The van der Waals surface area contributed by atoms with Gasteiger partial charge in [0.05, 0.1) is 0 Å². The fourth-order valence-corrected chi connectivity index (χ4v) is 6.07. The number of benzene rings is 6. The molecule has 1 aliphatic heterocycles. The maximum absolute atomic E-state index is 4.45. The monoisotopic (exact) mass is 514 g/mol. The molecule has 194 valence electrons. The van der Waals surface area contributed by atoms with Gasteiger partial charge in [0.25, 0.3) is 0 Å². The van der Waals surface area contributed by atoms with Crippen molar-refractivity contribution < 1.29 is 0 Å². The van der Waals surface area contributed by atoms with Crippen LogP contribution in [-0.2, 0) is 5.41 Å². The average molecular weight is 515 g/mol. The number of rotatable bonds is 3. The third kappa shape index (κ3) is 4.19. The van der Waals surface area contributed by atoms with E-state index in [-0.39, 0.29) is 5.41 Å². The maximum Gasteiger partial charge on any atom is -0.00262 e. The normalized spacial score (nSPS) is 13.5. The van der Waals surface area contributed by atoms with E-state index in [1.807, 2.05) is 6.20 Å². The molecular weight excluding hydrogens is 482 g/mol. The highest BCUT2D eigenvalue weighted by Gasteiger charge is 2.18. The highest BCUT2D eigenvalue weighted by atomic mass is 14.8. The molecule has 40 heavy (non-hydrogen) atoms.